The van der Waals surface area contributed by atoms with E-state index in [1.165, 1.54) is 96.3 Å². The maximum Gasteiger partial charge on any atom is 0.184 e. The molecule has 25 heavy (non-hydrogen) atoms. The van der Waals surface area contributed by atoms with E-state index in [4.69, 9.17) is 14.2 Å². The lowest BCUT2D eigenvalue weighted by Gasteiger charge is -2.27. The summed E-state index contributed by atoms with van der Waals surface area (Å²) in [6, 6.07) is 0. The van der Waals surface area contributed by atoms with Crippen LogP contribution in [0, 0.1) is 0 Å². The standard InChI is InChI=1S/C22H42O3/c1-2-3-4-5-6-7-8-9-10-11-12-13-14-15-16-17-21-22-24-19-20(25-22)18-23-21/h20-22H,2-19H2,1H3/t20-,21-,22+/m0/s1. The number of unbranched alkanes of at least 4 members (excludes halogenated alkanes) is 14. The third kappa shape index (κ3) is 9.40. The van der Waals surface area contributed by atoms with E-state index in [1.54, 1.807) is 0 Å². The normalized spacial score (nSPS) is 25.6. The highest BCUT2D eigenvalue weighted by atomic mass is 16.8. The summed E-state index contributed by atoms with van der Waals surface area (Å²) < 4.78 is 17.2. The molecule has 0 unspecified atom stereocenters. The van der Waals surface area contributed by atoms with Crippen LogP contribution in [0.2, 0.25) is 0 Å². The Bertz CT molecular complexity index is 308. The summed E-state index contributed by atoms with van der Waals surface area (Å²) in [5.41, 5.74) is 0. The van der Waals surface area contributed by atoms with E-state index in [1.807, 2.05) is 0 Å². The Morgan fingerprint density at radius 3 is 1.64 bits per heavy atom. The summed E-state index contributed by atoms with van der Waals surface area (Å²) in [4.78, 5) is 0. The molecule has 2 aliphatic rings. The summed E-state index contributed by atoms with van der Waals surface area (Å²) in [7, 11) is 0. The molecule has 0 amide bonds. The van der Waals surface area contributed by atoms with Gasteiger partial charge in [-0.2, -0.15) is 0 Å². The lowest BCUT2D eigenvalue weighted by atomic mass is 10.0. The molecule has 3 heteroatoms. The van der Waals surface area contributed by atoms with Crippen molar-refractivity contribution in [1.82, 2.24) is 0 Å². The number of fused-ring (bicyclic) bond motifs is 2. The van der Waals surface area contributed by atoms with Gasteiger partial charge in [0, 0.05) is 0 Å². The second-order valence-corrected chi connectivity index (χ2v) is 8.07. The second kappa shape index (κ2) is 14.0. The molecule has 0 aromatic heterocycles. The van der Waals surface area contributed by atoms with Crippen molar-refractivity contribution in [2.75, 3.05) is 13.2 Å². The Hall–Kier alpha value is -0.120. The number of hydrogen-bond donors (Lipinski definition) is 0. The fourth-order valence-electron chi connectivity index (χ4n) is 4.00. The van der Waals surface area contributed by atoms with Crippen LogP contribution in [0.5, 0.6) is 0 Å². The summed E-state index contributed by atoms with van der Waals surface area (Å²) in [5, 5.41) is 0. The monoisotopic (exact) mass is 354 g/mol. The average molecular weight is 355 g/mol. The van der Waals surface area contributed by atoms with E-state index in [2.05, 4.69) is 6.92 Å². The van der Waals surface area contributed by atoms with E-state index in [-0.39, 0.29) is 18.5 Å². The van der Waals surface area contributed by atoms with Crippen LogP contribution in [0.15, 0.2) is 0 Å². The largest absolute Gasteiger partial charge is 0.370 e. The first-order chi connectivity index (χ1) is 12.4. The maximum absolute atomic E-state index is 5.83. The zero-order valence-corrected chi connectivity index (χ0v) is 16.7. The zero-order valence-electron chi connectivity index (χ0n) is 16.7. The van der Waals surface area contributed by atoms with Gasteiger partial charge in [0.2, 0.25) is 0 Å². The fraction of sp³-hybridized carbons (Fsp3) is 1.00. The van der Waals surface area contributed by atoms with Crippen LogP contribution in [0.1, 0.15) is 110 Å². The first-order valence-corrected chi connectivity index (χ1v) is 11.3. The summed E-state index contributed by atoms with van der Waals surface area (Å²) in [6.45, 7) is 3.73. The van der Waals surface area contributed by atoms with Crippen molar-refractivity contribution in [3.8, 4) is 0 Å². The fourth-order valence-corrected chi connectivity index (χ4v) is 4.00. The van der Waals surface area contributed by atoms with Gasteiger partial charge in [0.25, 0.3) is 0 Å². The molecule has 2 saturated heterocycles. The van der Waals surface area contributed by atoms with Gasteiger partial charge in [-0.25, -0.2) is 0 Å². The molecule has 2 bridgehead atoms. The number of ether oxygens (including phenoxy) is 3. The topological polar surface area (TPSA) is 27.7 Å². The van der Waals surface area contributed by atoms with E-state index >= 15 is 0 Å². The molecule has 2 fully saturated rings. The highest BCUT2D eigenvalue weighted by molar-refractivity contribution is 4.77. The highest BCUT2D eigenvalue weighted by Crippen LogP contribution is 2.26. The minimum Gasteiger partial charge on any atom is -0.370 e. The summed E-state index contributed by atoms with van der Waals surface area (Å²) in [5.74, 6) is 0. The molecule has 0 aromatic carbocycles. The third-order valence-corrected chi connectivity index (χ3v) is 5.66. The molecule has 2 aliphatic heterocycles. The van der Waals surface area contributed by atoms with E-state index in [9.17, 15) is 0 Å². The molecule has 0 aromatic rings. The predicted octanol–water partition coefficient (Wildman–Crippen LogP) is 6.39. The van der Waals surface area contributed by atoms with Crippen LogP contribution in [-0.2, 0) is 14.2 Å². The lowest BCUT2D eigenvalue weighted by molar-refractivity contribution is -0.198. The first-order valence-electron chi connectivity index (χ1n) is 11.3. The van der Waals surface area contributed by atoms with Gasteiger partial charge in [0.15, 0.2) is 6.29 Å². The number of hydrogen-bond acceptors (Lipinski definition) is 3. The third-order valence-electron chi connectivity index (χ3n) is 5.66. The molecule has 2 heterocycles. The molecule has 0 aliphatic carbocycles. The van der Waals surface area contributed by atoms with E-state index in [0.717, 1.165) is 19.6 Å². The highest BCUT2D eigenvalue weighted by Gasteiger charge is 2.38. The summed E-state index contributed by atoms with van der Waals surface area (Å²) >= 11 is 0. The van der Waals surface area contributed by atoms with Crippen molar-refractivity contribution >= 4 is 0 Å². The molecule has 0 radical (unpaired) electrons. The average Bonchev–Trinajstić information content (AvgIpc) is 3.02. The van der Waals surface area contributed by atoms with Gasteiger partial charge in [0.05, 0.1) is 13.2 Å². The van der Waals surface area contributed by atoms with Gasteiger partial charge in [-0.05, 0) is 6.42 Å². The molecule has 3 atom stereocenters. The Balaban J connectivity index is 1.26. The van der Waals surface area contributed by atoms with Gasteiger partial charge in [-0.3, -0.25) is 0 Å². The van der Waals surface area contributed by atoms with Crippen LogP contribution in [-0.4, -0.2) is 31.7 Å². The zero-order chi connectivity index (χ0) is 17.6. The van der Waals surface area contributed by atoms with Crippen LogP contribution in [0.3, 0.4) is 0 Å². The molecule has 0 saturated carbocycles. The molecule has 2 rings (SSSR count). The minimum atomic E-state index is -0.0783. The molecular weight excluding hydrogens is 312 g/mol. The SMILES string of the molecule is CCCCCCCCCCCCCCCCC[C@@H]1OC[C@H]2CO[C@@H]1O2. The van der Waals surface area contributed by atoms with Crippen molar-refractivity contribution in [2.45, 2.75) is 128 Å². The van der Waals surface area contributed by atoms with Crippen molar-refractivity contribution in [1.29, 1.82) is 0 Å². The van der Waals surface area contributed by atoms with Gasteiger partial charge >= 0.3 is 0 Å². The van der Waals surface area contributed by atoms with Crippen LogP contribution >= 0.6 is 0 Å². The van der Waals surface area contributed by atoms with Crippen molar-refractivity contribution < 1.29 is 14.2 Å². The molecule has 0 spiro atoms. The molecule has 3 nitrogen and oxygen atoms in total. The lowest BCUT2D eigenvalue weighted by Crippen LogP contribution is -2.37. The Morgan fingerprint density at radius 2 is 1.08 bits per heavy atom. The van der Waals surface area contributed by atoms with Crippen molar-refractivity contribution in [3.05, 3.63) is 0 Å². The van der Waals surface area contributed by atoms with E-state index < -0.39 is 0 Å². The van der Waals surface area contributed by atoms with Gasteiger partial charge in [-0.15, -0.1) is 0 Å². The van der Waals surface area contributed by atoms with Gasteiger partial charge in [0.1, 0.15) is 12.2 Å². The molecular formula is C22H42O3. The van der Waals surface area contributed by atoms with Gasteiger partial charge in [-0.1, -0.05) is 103 Å². The Kier molecular flexibility index (Phi) is 11.9. The van der Waals surface area contributed by atoms with Crippen LogP contribution in [0.25, 0.3) is 0 Å². The van der Waals surface area contributed by atoms with Crippen LogP contribution in [0.4, 0.5) is 0 Å². The minimum absolute atomic E-state index is 0.0783. The predicted molar refractivity (Wildman–Crippen MR) is 104 cm³/mol. The second-order valence-electron chi connectivity index (χ2n) is 8.07. The molecule has 148 valence electrons. The molecule has 0 N–H and O–H groups in total. The first kappa shape index (κ1) is 21.2. The van der Waals surface area contributed by atoms with Crippen molar-refractivity contribution in [2.24, 2.45) is 0 Å². The Labute approximate surface area is 156 Å². The summed E-state index contributed by atoms with van der Waals surface area (Å²) in [6.07, 6.45) is 22.6. The van der Waals surface area contributed by atoms with Crippen LogP contribution < -0.4 is 0 Å². The number of rotatable bonds is 16. The smallest absolute Gasteiger partial charge is 0.184 e. The van der Waals surface area contributed by atoms with E-state index in [0.29, 0.717) is 0 Å². The Morgan fingerprint density at radius 1 is 0.600 bits per heavy atom. The quantitative estimate of drug-likeness (QED) is 0.301. The van der Waals surface area contributed by atoms with Gasteiger partial charge < -0.3 is 14.2 Å². The maximum atomic E-state index is 5.83. The van der Waals surface area contributed by atoms with Crippen molar-refractivity contribution in [3.63, 3.8) is 0 Å².